The molecule has 1 atom stereocenters. The number of sulfonamides is 1. The van der Waals surface area contributed by atoms with Crippen LogP contribution in [0.1, 0.15) is 12.5 Å². The average Bonchev–Trinajstić information content (AvgIpc) is 3.23. The number of furan rings is 1. The Bertz CT molecular complexity index is 991. The molecule has 0 amide bonds. The first-order valence-electron chi connectivity index (χ1n) is 7.55. The summed E-state index contributed by atoms with van der Waals surface area (Å²) < 4.78 is 30.9. The molecule has 0 spiro atoms. The third-order valence-corrected chi connectivity index (χ3v) is 6.25. The molecule has 0 radical (unpaired) electrons. The second-order valence-electron chi connectivity index (χ2n) is 5.97. The summed E-state index contributed by atoms with van der Waals surface area (Å²) >= 11 is 1.53. The van der Waals surface area contributed by atoms with Gasteiger partial charge in [-0.2, -0.15) is 0 Å². The summed E-state index contributed by atoms with van der Waals surface area (Å²) in [7, 11) is -3.26. The third-order valence-electron chi connectivity index (χ3n) is 4.12. The van der Waals surface area contributed by atoms with Gasteiger partial charge in [0.2, 0.25) is 10.0 Å². The fourth-order valence-electron chi connectivity index (χ4n) is 3.19. The van der Waals surface area contributed by atoms with Gasteiger partial charge >= 0.3 is 0 Å². The number of benzene rings is 1. The van der Waals surface area contributed by atoms with Gasteiger partial charge in [0, 0.05) is 17.0 Å². The van der Waals surface area contributed by atoms with Crippen LogP contribution in [0.5, 0.6) is 0 Å². The van der Waals surface area contributed by atoms with Crippen molar-refractivity contribution in [1.29, 1.82) is 0 Å². The lowest BCUT2D eigenvalue weighted by Gasteiger charge is -2.21. The zero-order chi connectivity index (χ0) is 16.9. The first-order valence-corrected chi connectivity index (χ1v) is 10.3. The monoisotopic (exact) mass is 360 g/mol. The Labute approximate surface area is 144 Å². The van der Waals surface area contributed by atoms with E-state index in [9.17, 15) is 8.42 Å². The van der Waals surface area contributed by atoms with Gasteiger partial charge in [0.1, 0.15) is 0 Å². The molecule has 0 unspecified atom stereocenters. The molecule has 3 heterocycles. The van der Waals surface area contributed by atoms with Crippen molar-refractivity contribution in [3.05, 3.63) is 47.5 Å². The molecule has 4 rings (SSSR count). The molecular weight excluding hydrogens is 344 g/mol. The van der Waals surface area contributed by atoms with Crippen molar-refractivity contribution in [2.24, 2.45) is 0 Å². The molecular formula is C17H16N2O3S2. The summed E-state index contributed by atoms with van der Waals surface area (Å²) in [5.41, 5.74) is 3.68. The quantitative estimate of drug-likeness (QED) is 0.713. The number of hydrogen-bond donors (Lipinski definition) is 0. The van der Waals surface area contributed by atoms with E-state index in [1.807, 2.05) is 42.6 Å². The van der Waals surface area contributed by atoms with Gasteiger partial charge in [-0.15, -0.1) is 11.3 Å². The highest BCUT2D eigenvalue weighted by Gasteiger charge is 2.32. The van der Waals surface area contributed by atoms with Crippen LogP contribution in [0.4, 0.5) is 5.69 Å². The predicted molar refractivity (Wildman–Crippen MR) is 95.7 cm³/mol. The molecule has 3 aromatic rings. The minimum absolute atomic E-state index is 0.0561. The molecule has 1 aromatic carbocycles. The number of thiazole rings is 1. The SMILES string of the molecule is C[C@H]1Cc2cc(-c3csc(-c4ccco4)n3)ccc2N1S(C)(=O)=O. The predicted octanol–water partition coefficient (Wildman–Crippen LogP) is 3.78. The van der Waals surface area contributed by atoms with Crippen LogP contribution in [0.3, 0.4) is 0 Å². The summed E-state index contributed by atoms with van der Waals surface area (Å²) in [6.07, 6.45) is 3.60. The third kappa shape index (κ3) is 2.53. The van der Waals surface area contributed by atoms with E-state index in [1.54, 1.807) is 6.26 Å². The Hall–Kier alpha value is -2.12. The van der Waals surface area contributed by atoms with Crippen LogP contribution in [-0.4, -0.2) is 25.7 Å². The molecule has 0 bridgehead atoms. The van der Waals surface area contributed by atoms with Crippen molar-refractivity contribution in [2.75, 3.05) is 10.6 Å². The maximum atomic E-state index is 12.0. The number of aromatic nitrogens is 1. The van der Waals surface area contributed by atoms with Crippen molar-refractivity contribution in [3.63, 3.8) is 0 Å². The topological polar surface area (TPSA) is 63.4 Å². The normalized spacial score (nSPS) is 17.2. The van der Waals surface area contributed by atoms with Crippen molar-refractivity contribution >= 4 is 27.0 Å². The van der Waals surface area contributed by atoms with Crippen LogP contribution >= 0.6 is 11.3 Å². The Morgan fingerprint density at radius 1 is 1.33 bits per heavy atom. The molecule has 1 aliphatic heterocycles. The maximum Gasteiger partial charge on any atom is 0.232 e. The van der Waals surface area contributed by atoms with Crippen LogP contribution in [0.25, 0.3) is 22.0 Å². The Balaban J connectivity index is 1.72. The summed E-state index contributed by atoms with van der Waals surface area (Å²) in [5.74, 6) is 0.754. The van der Waals surface area contributed by atoms with Gasteiger partial charge in [0.05, 0.1) is 23.9 Å². The number of fused-ring (bicyclic) bond motifs is 1. The van der Waals surface area contributed by atoms with Crippen LogP contribution in [0.15, 0.2) is 46.4 Å². The van der Waals surface area contributed by atoms with Crippen molar-refractivity contribution in [1.82, 2.24) is 4.98 Å². The first-order chi connectivity index (χ1) is 11.4. The minimum Gasteiger partial charge on any atom is -0.462 e. The van der Waals surface area contributed by atoms with Gasteiger partial charge in [-0.3, -0.25) is 4.31 Å². The van der Waals surface area contributed by atoms with E-state index in [2.05, 4.69) is 4.98 Å². The lowest BCUT2D eigenvalue weighted by Crippen LogP contribution is -2.34. The van der Waals surface area contributed by atoms with Crippen molar-refractivity contribution in [3.8, 4) is 22.0 Å². The maximum absolute atomic E-state index is 12.0. The van der Waals surface area contributed by atoms with E-state index in [1.165, 1.54) is 21.9 Å². The van der Waals surface area contributed by atoms with E-state index < -0.39 is 10.0 Å². The second-order valence-corrected chi connectivity index (χ2v) is 8.69. The molecule has 0 saturated carbocycles. The largest absolute Gasteiger partial charge is 0.462 e. The van der Waals surface area contributed by atoms with Crippen LogP contribution < -0.4 is 4.31 Å². The fourth-order valence-corrected chi connectivity index (χ4v) is 5.25. The van der Waals surface area contributed by atoms with Gasteiger partial charge < -0.3 is 4.42 Å². The second kappa shape index (κ2) is 5.46. The highest BCUT2D eigenvalue weighted by molar-refractivity contribution is 7.92. The number of rotatable bonds is 3. The van der Waals surface area contributed by atoms with Gasteiger partial charge in [-0.05, 0) is 43.2 Å². The molecule has 124 valence electrons. The van der Waals surface area contributed by atoms with Crippen molar-refractivity contribution in [2.45, 2.75) is 19.4 Å². The lowest BCUT2D eigenvalue weighted by atomic mass is 10.1. The average molecular weight is 360 g/mol. The standard InChI is InChI=1S/C17H16N2O3S2/c1-11-8-13-9-12(5-6-15(13)19(11)24(2,20)21)14-10-23-17(18-14)16-4-3-7-22-16/h3-7,9-11H,8H2,1-2H3/t11-/m0/s1. The van der Waals surface area contributed by atoms with Gasteiger partial charge in [0.25, 0.3) is 0 Å². The molecule has 0 aliphatic carbocycles. The fraction of sp³-hybridized carbons (Fsp3) is 0.235. The number of anilines is 1. The Morgan fingerprint density at radius 2 is 2.17 bits per heavy atom. The van der Waals surface area contributed by atoms with Crippen LogP contribution in [0, 0.1) is 0 Å². The van der Waals surface area contributed by atoms with E-state index in [0.717, 1.165) is 33.3 Å². The minimum atomic E-state index is -3.26. The highest BCUT2D eigenvalue weighted by atomic mass is 32.2. The van der Waals surface area contributed by atoms with Crippen LogP contribution in [0.2, 0.25) is 0 Å². The number of hydrogen-bond acceptors (Lipinski definition) is 5. The number of nitrogens with zero attached hydrogens (tertiary/aromatic N) is 2. The Kier molecular flexibility index (Phi) is 3.51. The Morgan fingerprint density at radius 3 is 2.88 bits per heavy atom. The first kappa shape index (κ1) is 15.4. The molecule has 0 fully saturated rings. The molecule has 2 aromatic heterocycles. The van der Waals surface area contributed by atoms with Gasteiger partial charge in [-0.25, -0.2) is 13.4 Å². The van der Waals surface area contributed by atoms with E-state index >= 15 is 0 Å². The van der Waals surface area contributed by atoms with E-state index in [-0.39, 0.29) is 6.04 Å². The molecule has 24 heavy (non-hydrogen) atoms. The zero-order valence-electron chi connectivity index (χ0n) is 13.3. The van der Waals surface area contributed by atoms with Gasteiger partial charge in [0.15, 0.2) is 10.8 Å². The summed E-state index contributed by atoms with van der Waals surface area (Å²) in [5, 5.41) is 2.83. The lowest BCUT2D eigenvalue weighted by molar-refractivity contribution is 0.582. The van der Waals surface area contributed by atoms with Crippen molar-refractivity contribution < 1.29 is 12.8 Å². The molecule has 0 saturated heterocycles. The smallest absolute Gasteiger partial charge is 0.232 e. The van der Waals surface area contributed by atoms with E-state index in [0.29, 0.717) is 6.42 Å². The summed E-state index contributed by atoms with van der Waals surface area (Å²) in [4.78, 5) is 4.63. The van der Waals surface area contributed by atoms with E-state index in [4.69, 9.17) is 4.42 Å². The zero-order valence-corrected chi connectivity index (χ0v) is 14.9. The summed E-state index contributed by atoms with van der Waals surface area (Å²) in [6.45, 7) is 1.93. The summed E-state index contributed by atoms with van der Waals surface area (Å²) in [6, 6.07) is 9.51. The van der Waals surface area contributed by atoms with Crippen LogP contribution in [-0.2, 0) is 16.4 Å². The molecule has 5 nitrogen and oxygen atoms in total. The van der Waals surface area contributed by atoms with Gasteiger partial charge in [-0.1, -0.05) is 6.07 Å². The molecule has 0 N–H and O–H groups in total. The highest BCUT2D eigenvalue weighted by Crippen LogP contribution is 2.37. The molecule has 7 heteroatoms. The molecule has 1 aliphatic rings.